The van der Waals surface area contributed by atoms with Gasteiger partial charge in [0.25, 0.3) is 0 Å². The quantitative estimate of drug-likeness (QED) is 0.934. The van der Waals surface area contributed by atoms with E-state index in [9.17, 15) is 0 Å². The third kappa shape index (κ3) is 2.94. The van der Waals surface area contributed by atoms with E-state index in [2.05, 4.69) is 46.6 Å². The van der Waals surface area contributed by atoms with E-state index in [0.29, 0.717) is 6.04 Å². The highest BCUT2D eigenvalue weighted by atomic mass is 15.2. The summed E-state index contributed by atoms with van der Waals surface area (Å²) < 4.78 is 0. The highest BCUT2D eigenvalue weighted by molar-refractivity contribution is 5.78. The number of nitrogens with one attached hydrogen (secondary N) is 1. The number of piperazine rings is 1. The molecule has 3 nitrogen and oxygen atoms in total. The third-order valence-electron chi connectivity index (χ3n) is 4.81. The summed E-state index contributed by atoms with van der Waals surface area (Å²) in [6, 6.07) is 13.4. The van der Waals surface area contributed by atoms with Gasteiger partial charge in [-0.1, -0.05) is 37.1 Å². The van der Waals surface area contributed by atoms with E-state index in [4.69, 9.17) is 4.98 Å². The Morgan fingerprint density at radius 2 is 1.90 bits per heavy atom. The molecule has 0 unspecified atom stereocenters. The molecule has 0 spiro atoms. The minimum atomic E-state index is 0.504. The molecule has 1 aromatic carbocycles. The van der Waals surface area contributed by atoms with E-state index in [-0.39, 0.29) is 0 Å². The number of pyridine rings is 1. The van der Waals surface area contributed by atoms with Gasteiger partial charge in [0.2, 0.25) is 0 Å². The lowest BCUT2D eigenvalue weighted by Gasteiger charge is -2.35. The number of hydrogen-bond donors (Lipinski definition) is 1. The molecule has 0 amide bonds. The maximum atomic E-state index is 4.97. The molecule has 21 heavy (non-hydrogen) atoms. The normalized spacial score (nSPS) is 21.5. The Morgan fingerprint density at radius 1 is 1.10 bits per heavy atom. The monoisotopic (exact) mass is 281 g/mol. The van der Waals surface area contributed by atoms with Gasteiger partial charge < -0.3 is 5.32 Å². The fraction of sp³-hybridized carbons (Fsp3) is 0.500. The van der Waals surface area contributed by atoms with Crippen molar-refractivity contribution in [3.8, 4) is 0 Å². The summed E-state index contributed by atoms with van der Waals surface area (Å²) in [6.07, 6.45) is 4.11. The van der Waals surface area contributed by atoms with Gasteiger partial charge >= 0.3 is 0 Å². The Hall–Kier alpha value is -1.45. The van der Waals surface area contributed by atoms with Gasteiger partial charge in [0.15, 0.2) is 0 Å². The van der Waals surface area contributed by atoms with Crippen molar-refractivity contribution in [3.63, 3.8) is 0 Å². The van der Waals surface area contributed by atoms with E-state index in [1.54, 1.807) is 0 Å². The number of nitrogens with zero attached hydrogens (tertiary/aromatic N) is 2. The number of rotatable bonds is 4. The molecule has 1 saturated carbocycles. The molecule has 2 heterocycles. The van der Waals surface area contributed by atoms with Crippen LogP contribution >= 0.6 is 0 Å². The van der Waals surface area contributed by atoms with Gasteiger partial charge in [-0.05, 0) is 24.5 Å². The summed E-state index contributed by atoms with van der Waals surface area (Å²) in [5, 5.41) is 4.70. The van der Waals surface area contributed by atoms with Crippen LogP contribution in [0.3, 0.4) is 0 Å². The van der Waals surface area contributed by atoms with Crippen molar-refractivity contribution in [1.82, 2.24) is 15.2 Å². The number of benzene rings is 1. The molecule has 4 rings (SSSR count). The van der Waals surface area contributed by atoms with Gasteiger partial charge in [-0.2, -0.15) is 0 Å². The second kappa shape index (κ2) is 5.74. The lowest BCUT2D eigenvalue weighted by Crippen LogP contribution is -2.45. The summed E-state index contributed by atoms with van der Waals surface area (Å²) in [7, 11) is 0. The number of aromatic nitrogens is 1. The SMILES string of the molecule is c1ccc2nc([C@@H](CC3CC3)N3CCNCC3)ccc2c1. The minimum absolute atomic E-state index is 0.504. The van der Waals surface area contributed by atoms with Gasteiger partial charge in [0, 0.05) is 31.6 Å². The van der Waals surface area contributed by atoms with Gasteiger partial charge in [0.05, 0.1) is 17.3 Å². The molecule has 0 bridgehead atoms. The lowest BCUT2D eigenvalue weighted by molar-refractivity contribution is 0.157. The first-order valence-electron chi connectivity index (χ1n) is 8.20. The van der Waals surface area contributed by atoms with Crippen molar-refractivity contribution in [3.05, 3.63) is 42.1 Å². The summed E-state index contributed by atoms with van der Waals surface area (Å²) in [5.41, 5.74) is 2.40. The summed E-state index contributed by atoms with van der Waals surface area (Å²) in [5.74, 6) is 0.929. The molecule has 1 saturated heterocycles. The van der Waals surface area contributed by atoms with E-state index in [1.165, 1.54) is 30.3 Å². The molecule has 0 radical (unpaired) electrons. The van der Waals surface area contributed by atoms with Crippen molar-refractivity contribution < 1.29 is 0 Å². The first kappa shape index (κ1) is 13.2. The Kier molecular flexibility index (Phi) is 3.62. The molecule has 1 aliphatic carbocycles. The summed E-state index contributed by atoms with van der Waals surface area (Å²) >= 11 is 0. The van der Waals surface area contributed by atoms with E-state index >= 15 is 0 Å². The molecule has 110 valence electrons. The Morgan fingerprint density at radius 3 is 2.71 bits per heavy atom. The van der Waals surface area contributed by atoms with Crippen LogP contribution in [0.25, 0.3) is 10.9 Å². The largest absolute Gasteiger partial charge is 0.314 e. The van der Waals surface area contributed by atoms with Crippen molar-refractivity contribution in [2.45, 2.75) is 25.3 Å². The molecule has 1 atom stereocenters. The molecule has 2 aromatic rings. The Labute approximate surface area is 126 Å². The molecule has 1 aromatic heterocycles. The second-order valence-electron chi connectivity index (χ2n) is 6.41. The number of fused-ring (bicyclic) bond motifs is 1. The highest BCUT2D eigenvalue weighted by Crippen LogP contribution is 2.39. The van der Waals surface area contributed by atoms with Crippen LogP contribution in [0, 0.1) is 5.92 Å². The molecule has 1 N–H and O–H groups in total. The summed E-state index contributed by atoms with van der Waals surface area (Å²) in [4.78, 5) is 7.60. The molecule has 3 heteroatoms. The average molecular weight is 281 g/mol. The van der Waals surface area contributed by atoms with Crippen LogP contribution in [0.5, 0.6) is 0 Å². The third-order valence-corrected chi connectivity index (χ3v) is 4.81. The van der Waals surface area contributed by atoms with Crippen LogP contribution in [0.4, 0.5) is 0 Å². The predicted octanol–water partition coefficient (Wildman–Crippen LogP) is 2.98. The highest BCUT2D eigenvalue weighted by Gasteiger charge is 2.31. The smallest absolute Gasteiger partial charge is 0.0706 e. The van der Waals surface area contributed by atoms with Crippen LogP contribution in [0.1, 0.15) is 31.0 Å². The van der Waals surface area contributed by atoms with E-state index in [1.807, 2.05) is 0 Å². The topological polar surface area (TPSA) is 28.2 Å². The van der Waals surface area contributed by atoms with Gasteiger partial charge in [-0.25, -0.2) is 0 Å². The fourth-order valence-corrected chi connectivity index (χ4v) is 3.39. The van der Waals surface area contributed by atoms with Crippen molar-refractivity contribution in [1.29, 1.82) is 0 Å². The lowest BCUT2D eigenvalue weighted by atomic mass is 10.0. The maximum absolute atomic E-state index is 4.97. The van der Waals surface area contributed by atoms with Gasteiger partial charge in [-0.3, -0.25) is 9.88 Å². The van der Waals surface area contributed by atoms with Crippen molar-refractivity contribution in [2.24, 2.45) is 5.92 Å². The van der Waals surface area contributed by atoms with Crippen LogP contribution < -0.4 is 5.32 Å². The zero-order valence-corrected chi connectivity index (χ0v) is 12.5. The van der Waals surface area contributed by atoms with Crippen molar-refractivity contribution >= 4 is 10.9 Å². The molecular formula is C18H23N3. The first-order valence-corrected chi connectivity index (χ1v) is 8.20. The van der Waals surface area contributed by atoms with Gasteiger partial charge in [-0.15, -0.1) is 0 Å². The molecule has 2 aliphatic rings. The number of para-hydroxylation sites is 1. The fourth-order valence-electron chi connectivity index (χ4n) is 3.39. The van der Waals surface area contributed by atoms with Gasteiger partial charge in [0.1, 0.15) is 0 Å². The summed E-state index contributed by atoms with van der Waals surface area (Å²) in [6.45, 7) is 4.50. The zero-order valence-electron chi connectivity index (χ0n) is 12.5. The van der Waals surface area contributed by atoms with E-state index in [0.717, 1.165) is 37.6 Å². The molecule has 2 fully saturated rings. The maximum Gasteiger partial charge on any atom is 0.0706 e. The average Bonchev–Trinajstić information content (AvgIpc) is 3.37. The van der Waals surface area contributed by atoms with Crippen LogP contribution in [0.15, 0.2) is 36.4 Å². The van der Waals surface area contributed by atoms with Crippen molar-refractivity contribution in [2.75, 3.05) is 26.2 Å². The second-order valence-corrected chi connectivity index (χ2v) is 6.41. The molecular weight excluding hydrogens is 258 g/mol. The van der Waals surface area contributed by atoms with Crippen LogP contribution in [-0.4, -0.2) is 36.1 Å². The predicted molar refractivity (Wildman–Crippen MR) is 86.3 cm³/mol. The van der Waals surface area contributed by atoms with Crippen LogP contribution in [-0.2, 0) is 0 Å². The van der Waals surface area contributed by atoms with E-state index < -0.39 is 0 Å². The number of hydrogen-bond acceptors (Lipinski definition) is 3. The Balaban J connectivity index is 1.65. The zero-order chi connectivity index (χ0) is 14.1. The standard InChI is InChI=1S/C18H23N3/c1-2-4-16-15(3-1)7-8-17(20-16)18(13-14-5-6-14)21-11-9-19-10-12-21/h1-4,7-8,14,18-19H,5-6,9-13H2/t18-/m1/s1. The Bertz CT molecular complexity index is 615. The molecule has 1 aliphatic heterocycles. The minimum Gasteiger partial charge on any atom is -0.314 e. The van der Waals surface area contributed by atoms with Crippen LogP contribution in [0.2, 0.25) is 0 Å². The first-order chi connectivity index (χ1) is 10.4.